The van der Waals surface area contributed by atoms with Crippen LogP contribution in [-0.2, 0) is 9.47 Å². The van der Waals surface area contributed by atoms with Gasteiger partial charge in [0.05, 0.1) is 25.9 Å². The fourth-order valence-electron chi connectivity index (χ4n) is 2.42. The predicted octanol–water partition coefficient (Wildman–Crippen LogP) is 2.78. The van der Waals surface area contributed by atoms with E-state index in [-0.39, 0.29) is 6.10 Å². The molecule has 1 aromatic carbocycles. The Balaban J connectivity index is 1.90. The largest absolute Gasteiger partial charge is 0.376 e. The minimum Gasteiger partial charge on any atom is -0.376 e. The molecular formula is C16H25NO2. The number of ether oxygens (including phenoxy) is 2. The second-order valence-electron chi connectivity index (χ2n) is 5.57. The van der Waals surface area contributed by atoms with Crippen molar-refractivity contribution in [3.63, 3.8) is 0 Å². The molecule has 3 nitrogen and oxygen atoms in total. The monoisotopic (exact) mass is 263 g/mol. The molecule has 3 heteroatoms. The van der Waals surface area contributed by atoms with Crippen LogP contribution in [0.4, 0.5) is 0 Å². The quantitative estimate of drug-likeness (QED) is 0.856. The van der Waals surface area contributed by atoms with E-state index in [0.29, 0.717) is 25.2 Å². The van der Waals surface area contributed by atoms with Gasteiger partial charge in [-0.25, -0.2) is 0 Å². The summed E-state index contributed by atoms with van der Waals surface area (Å²) in [6, 6.07) is 11.0. The molecule has 1 heterocycles. The fraction of sp³-hybridized carbons (Fsp3) is 0.625. The molecule has 1 aliphatic rings. The van der Waals surface area contributed by atoms with E-state index in [9.17, 15) is 0 Å². The van der Waals surface area contributed by atoms with Gasteiger partial charge in [0.15, 0.2) is 0 Å². The molecule has 1 N–H and O–H groups in total. The van der Waals surface area contributed by atoms with Crippen molar-refractivity contribution in [2.24, 2.45) is 5.92 Å². The maximum atomic E-state index is 5.68. The molecule has 0 bridgehead atoms. The summed E-state index contributed by atoms with van der Waals surface area (Å²) in [4.78, 5) is 0. The first-order valence-electron chi connectivity index (χ1n) is 7.23. The number of rotatable bonds is 6. The van der Waals surface area contributed by atoms with Crippen molar-refractivity contribution in [1.82, 2.24) is 5.32 Å². The molecule has 19 heavy (non-hydrogen) atoms. The van der Waals surface area contributed by atoms with Crippen molar-refractivity contribution in [1.29, 1.82) is 0 Å². The molecule has 106 valence electrons. The van der Waals surface area contributed by atoms with Gasteiger partial charge in [0, 0.05) is 12.6 Å². The molecule has 0 aliphatic carbocycles. The highest BCUT2D eigenvalue weighted by Gasteiger charge is 2.18. The maximum absolute atomic E-state index is 5.68. The molecule has 2 rings (SSSR count). The zero-order valence-corrected chi connectivity index (χ0v) is 12.0. The minimum absolute atomic E-state index is 0.187. The number of benzene rings is 1. The Hall–Kier alpha value is -0.900. The maximum Gasteiger partial charge on any atom is 0.0933 e. The van der Waals surface area contributed by atoms with Gasteiger partial charge in [-0.2, -0.15) is 0 Å². The molecular weight excluding hydrogens is 238 g/mol. The third-order valence-electron chi connectivity index (χ3n) is 3.39. The van der Waals surface area contributed by atoms with E-state index < -0.39 is 0 Å². The Morgan fingerprint density at radius 1 is 1.21 bits per heavy atom. The lowest BCUT2D eigenvalue weighted by molar-refractivity contribution is -0.0872. The van der Waals surface area contributed by atoms with Crippen LogP contribution in [0.15, 0.2) is 30.3 Å². The lowest BCUT2D eigenvalue weighted by atomic mass is 9.97. The van der Waals surface area contributed by atoms with Crippen LogP contribution in [0.5, 0.6) is 0 Å². The Morgan fingerprint density at radius 3 is 2.63 bits per heavy atom. The van der Waals surface area contributed by atoms with Crippen LogP contribution in [0, 0.1) is 5.92 Å². The highest BCUT2D eigenvalue weighted by molar-refractivity contribution is 5.18. The second-order valence-corrected chi connectivity index (χ2v) is 5.57. The van der Waals surface area contributed by atoms with Crippen LogP contribution in [0.25, 0.3) is 0 Å². The molecule has 0 saturated carbocycles. The van der Waals surface area contributed by atoms with Crippen LogP contribution in [-0.4, -0.2) is 32.5 Å². The first kappa shape index (κ1) is 14.5. The summed E-state index contributed by atoms with van der Waals surface area (Å²) in [6.07, 6.45) is 1.32. The van der Waals surface area contributed by atoms with Crippen molar-refractivity contribution in [2.45, 2.75) is 32.4 Å². The molecule has 2 atom stereocenters. The molecule has 0 aromatic heterocycles. The number of hydrogen-bond donors (Lipinski definition) is 1. The minimum atomic E-state index is 0.187. The van der Waals surface area contributed by atoms with Crippen LogP contribution in [0.2, 0.25) is 0 Å². The van der Waals surface area contributed by atoms with Crippen molar-refractivity contribution in [3.8, 4) is 0 Å². The van der Waals surface area contributed by atoms with Crippen LogP contribution >= 0.6 is 0 Å². The zero-order chi connectivity index (χ0) is 13.5. The van der Waals surface area contributed by atoms with E-state index >= 15 is 0 Å². The van der Waals surface area contributed by atoms with Gasteiger partial charge in [-0.1, -0.05) is 44.2 Å². The molecule has 0 spiro atoms. The van der Waals surface area contributed by atoms with E-state index in [1.54, 1.807) is 0 Å². The van der Waals surface area contributed by atoms with Crippen molar-refractivity contribution in [3.05, 3.63) is 35.9 Å². The van der Waals surface area contributed by atoms with Crippen molar-refractivity contribution in [2.75, 3.05) is 26.4 Å². The van der Waals surface area contributed by atoms with Gasteiger partial charge in [0.2, 0.25) is 0 Å². The summed E-state index contributed by atoms with van der Waals surface area (Å²) in [5.74, 6) is 0.668. The van der Waals surface area contributed by atoms with E-state index in [1.807, 2.05) is 0 Å². The summed E-state index contributed by atoms with van der Waals surface area (Å²) in [5, 5.41) is 3.63. The smallest absolute Gasteiger partial charge is 0.0933 e. The number of hydrogen-bond acceptors (Lipinski definition) is 3. The van der Waals surface area contributed by atoms with Gasteiger partial charge in [-0.05, 0) is 17.9 Å². The summed E-state index contributed by atoms with van der Waals surface area (Å²) >= 11 is 0. The molecule has 2 unspecified atom stereocenters. The predicted molar refractivity (Wildman–Crippen MR) is 77.2 cm³/mol. The molecule has 0 amide bonds. The summed E-state index contributed by atoms with van der Waals surface area (Å²) < 4.78 is 11.1. The van der Waals surface area contributed by atoms with Crippen LogP contribution in [0.3, 0.4) is 0 Å². The topological polar surface area (TPSA) is 30.5 Å². The normalized spacial score (nSPS) is 21.5. The van der Waals surface area contributed by atoms with Gasteiger partial charge in [-0.3, -0.25) is 0 Å². The summed E-state index contributed by atoms with van der Waals surface area (Å²) in [7, 11) is 0. The third kappa shape index (κ3) is 4.94. The fourth-order valence-corrected chi connectivity index (χ4v) is 2.42. The van der Waals surface area contributed by atoms with Gasteiger partial charge >= 0.3 is 0 Å². The highest BCUT2D eigenvalue weighted by Crippen LogP contribution is 2.21. The summed E-state index contributed by atoms with van der Waals surface area (Å²) in [5.41, 5.74) is 1.35. The number of nitrogens with one attached hydrogen (secondary N) is 1. The van der Waals surface area contributed by atoms with Gasteiger partial charge in [0.1, 0.15) is 0 Å². The average Bonchev–Trinajstić information content (AvgIpc) is 2.45. The Labute approximate surface area is 116 Å². The first-order chi connectivity index (χ1) is 9.25. The molecule has 1 fully saturated rings. The van der Waals surface area contributed by atoms with E-state index in [1.165, 1.54) is 5.56 Å². The molecule has 1 saturated heterocycles. The molecule has 1 aromatic rings. The van der Waals surface area contributed by atoms with Gasteiger partial charge in [-0.15, -0.1) is 0 Å². The van der Waals surface area contributed by atoms with Gasteiger partial charge in [0.25, 0.3) is 0 Å². The lowest BCUT2D eigenvalue weighted by Crippen LogP contribution is -2.39. The SMILES string of the molecule is CC(C)CC(NCC1COCCO1)c1ccccc1. The van der Waals surface area contributed by atoms with E-state index in [2.05, 4.69) is 49.5 Å². The Morgan fingerprint density at radius 2 is 2.00 bits per heavy atom. The third-order valence-corrected chi connectivity index (χ3v) is 3.39. The summed E-state index contributed by atoms with van der Waals surface area (Å²) in [6.45, 7) is 7.52. The lowest BCUT2D eigenvalue weighted by Gasteiger charge is -2.27. The average molecular weight is 263 g/mol. The second kappa shape index (κ2) is 7.63. The Kier molecular flexibility index (Phi) is 5.83. The van der Waals surface area contributed by atoms with E-state index in [0.717, 1.165) is 19.6 Å². The standard InChI is InChI=1S/C16H25NO2/c1-13(2)10-16(14-6-4-3-5-7-14)17-11-15-12-18-8-9-19-15/h3-7,13,15-17H,8-12H2,1-2H3. The van der Waals surface area contributed by atoms with Crippen molar-refractivity contribution >= 4 is 0 Å². The van der Waals surface area contributed by atoms with Gasteiger partial charge < -0.3 is 14.8 Å². The van der Waals surface area contributed by atoms with Crippen LogP contribution < -0.4 is 5.32 Å². The highest BCUT2D eigenvalue weighted by atomic mass is 16.6. The van der Waals surface area contributed by atoms with Crippen LogP contribution in [0.1, 0.15) is 31.9 Å². The first-order valence-corrected chi connectivity index (χ1v) is 7.23. The van der Waals surface area contributed by atoms with Crippen molar-refractivity contribution < 1.29 is 9.47 Å². The Bertz CT molecular complexity index is 347. The molecule has 0 radical (unpaired) electrons. The van der Waals surface area contributed by atoms with E-state index in [4.69, 9.17) is 9.47 Å². The molecule has 1 aliphatic heterocycles. The zero-order valence-electron chi connectivity index (χ0n) is 12.0.